The Hall–Kier alpha value is -1.36. The van der Waals surface area contributed by atoms with Crippen molar-refractivity contribution in [2.45, 2.75) is 52.6 Å². The van der Waals surface area contributed by atoms with Crippen molar-refractivity contribution < 1.29 is 14.7 Å². The van der Waals surface area contributed by atoms with Gasteiger partial charge in [0.25, 0.3) is 0 Å². The van der Waals surface area contributed by atoms with Crippen LogP contribution in [0.15, 0.2) is 22.7 Å². The summed E-state index contributed by atoms with van der Waals surface area (Å²) in [6.07, 6.45) is 1.49. The lowest BCUT2D eigenvalue weighted by Crippen LogP contribution is -2.48. The summed E-state index contributed by atoms with van der Waals surface area (Å²) in [5.74, 6) is -1.02. The SMILES string of the molecule is CC(C)(C)CCC(=O)N1Cc2cccc(Br)c2CC1C(=O)O. The van der Waals surface area contributed by atoms with Crippen molar-refractivity contribution in [1.29, 1.82) is 0 Å². The summed E-state index contributed by atoms with van der Waals surface area (Å²) in [5.41, 5.74) is 2.08. The number of fused-ring (bicyclic) bond motifs is 1. The molecule has 0 saturated carbocycles. The van der Waals surface area contributed by atoms with E-state index >= 15 is 0 Å². The number of hydrogen-bond donors (Lipinski definition) is 1. The van der Waals surface area contributed by atoms with Crippen molar-refractivity contribution in [3.05, 3.63) is 33.8 Å². The van der Waals surface area contributed by atoms with Gasteiger partial charge in [-0.2, -0.15) is 0 Å². The maximum absolute atomic E-state index is 12.5. The molecule has 5 heteroatoms. The summed E-state index contributed by atoms with van der Waals surface area (Å²) in [7, 11) is 0. The van der Waals surface area contributed by atoms with E-state index in [4.69, 9.17) is 0 Å². The Morgan fingerprint density at radius 3 is 2.64 bits per heavy atom. The minimum Gasteiger partial charge on any atom is -0.480 e. The van der Waals surface area contributed by atoms with Crippen molar-refractivity contribution in [2.75, 3.05) is 0 Å². The quantitative estimate of drug-likeness (QED) is 0.887. The monoisotopic (exact) mass is 367 g/mol. The zero-order valence-electron chi connectivity index (χ0n) is 13.2. The molecule has 0 aromatic heterocycles. The van der Waals surface area contributed by atoms with Crippen LogP contribution in [0, 0.1) is 5.41 Å². The third-order valence-corrected chi connectivity index (χ3v) is 4.77. The van der Waals surface area contributed by atoms with Gasteiger partial charge in [0.05, 0.1) is 0 Å². The molecule has 1 heterocycles. The van der Waals surface area contributed by atoms with Gasteiger partial charge in [-0.25, -0.2) is 4.79 Å². The summed E-state index contributed by atoms with van der Waals surface area (Å²) < 4.78 is 0.915. The number of carbonyl (C=O) groups excluding carboxylic acids is 1. The molecule has 0 spiro atoms. The van der Waals surface area contributed by atoms with Gasteiger partial charge in [-0.3, -0.25) is 4.79 Å². The van der Waals surface area contributed by atoms with E-state index in [1.165, 1.54) is 4.90 Å². The van der Waals surface area contributed by atoms with Gasteiger partial charge in [0.2, 0.25) is 5.91 Å². The maximum atomic E-state index is 12.5. The number of benzene rings is 1. The highest BCUT2D eigenvalue weighted by Gasteiger charge is 2.35. The van der Waals surface area contributed by atoms with Gasteiger partial charge in [-0.1, -0.05) is 48.8 Å². The smallest absolute Gasteiger partial charge is 0.326 e. The van der Waals surface area contributed by atoms with E-state index in [-0.39, 0.29) is 11.3 Å². The highest BCUT2D eigenvalue weighted by atomic mass is 79.9. The highest BCUT2D eigenvalue weighted by Crippen LogP contribution is 2.31. The van der Waals surface area contributed by atoms with Gasteiger partial charge in [-0.05, 0) is 29.0 Å². The predicted molar refractivity (Wildman–Crippen MR) is 88.5 cm³/mol. The van der Waals surface area contributed by atoms with Gasteiger partial charge >= 0.3 is 5.97 Å². The van der Waals surface area contributed by atoms with E-state index in [2.05, 4.69) is 36.7 Å². The van der Waals surface area contributed by atoms with Crippen LogP contribution in [-0.2, 0) is 22.6 Å². The Kier molecular flexibility index (Phi) is 4.95. The molecule has 1 unspecified atom stereocenters. The standard InChI is InChI=1S/C17H22BrNO3/c1-17(2,3)8-7-15(20)19-10-11-5-4-6-13(18)12(11)9-14(19)16(21)22/h4-6,14H,7-10H2,1-3H3,(H,21,22). The van der Waals surface area contributed by atoms with E-state index in [0.29, 0.717) is 19.4 Å². The van der Waals surface area contributed by atoms with Crippen molar-refractivity contribution in [3.63, 3.8) is 0 Å². The number of halogens is 1. The molecule has 2 rings (SSSR count). The molecule has 1 aromatic rings. The normalized spacial score (nSPS) is 18.0. The summed E-state index contributed by atoms with van der Waals surface area (Å²) in [6, 6.07) is 5.01. The molecule has 1 aromatic carbocycles. The number of carboxylic acid groups (broad SMARTS) is 1. The fraction of sp³-hybridized carbons (Fsp3) is 0.529. The first-order chi connectivity index (χ1) is 10.2. The lowest BCUT2D eigenvalue weighted by atomic mass is 9.89. The van der Waals surface area contributed by atoms with Gasteiger partial charge < -0.3 is 10.0 Å². The van der Waals surface area contributed by atoms with E-state index in [1.807, 2.05) is 18.2 Å². The number of aliphatic carboxylic acids is 1. The van der Waals surface area contributed by atoms with E-state index < -0.39 is 12.0 Å². The first-order valence-corrected chi connectivity index (χ1v) is 8.27. The predicted octanol–water partition coefficient (Wildman–Crippen LogP) is 3.61. The van der Waals surface area contributed by atoms with Crippen molar-refractivity contribution in [3.8, 4) is 0 Å². The fourth-order valence-corrected chi connectivity index (χ4v) is 3.25. The lowest BCUT2D eigenvalue weighted by molar-refractivity contribution is -0.151. The van der Waals surface area contributed by atoms with Crippen LogP contribution in [0.1, 0.15) is 44.7 Å². The number of nitrogens with zero attached hydrogens (tertiary/aromatic N) is 1. The van der Waals surface area contributed by atoms with Crippen LogP contribution in [0.25, 0.3) is 0 Å². The zero-order valence-corrected chi connectivity index (χ0v) is 14.8. The molecule has 0 bridgehead atoms. The molecule has 0 fully saturated rings. The van der Waals surface area contributed by atoms with Crippen LogP contribution < -0.4 is 0 Å². The van der Waals surface area contributed by atoms with Crippen LogP contribution in [0.5, 0.6) is 0 Å². The Morgan fingerprint density at radius 1 is 1.36 bits per heavy atom. The molecule has 1 atom stereocenters. The van der Waals surface area contributed by atoms with E-state index in [0.717, 1.165) is 22.0 Å². The first-order valence-electron chi connectivity index (χ1n) is 7.47. The molecule has 1 aliphatic heterocycles. The van der Waals surface area contributed by atoms with E-state index in [1.54, 1.807) is 0 Å². The molecule has 0 radical (unpaired) electrons. The molecule has 1 N–H and O–H groups in total. The van der Waals surface area contributed by atoms with Gasteiger partial charge in [-0.15, -0.1) is 0 Å². The Bertz CT molecular complexity index is 592. The summed E-state index contributed by atoms with van der Waals surface area (Å²) >= 11 is 3.48. The van der Waals surface area contributed by atoms with Gasteiger partial charge in [0.1, 0.15) is 6.04 Å². The molecule has 0 saturated heterocycles. The Morgan fingerprint density at radius 2 is 2.05 bits per heavy atom. The summed E-state index contributed by atoms with van der Waals surface area (Å²) in [6.45, 7) is 6.61. The number of carboxylic acids is 1. The second-order valence-electron chi connectivity index (χ2n) is 7.02. The fourth-order valence-electron chi connectivity index (χ4n) is 2.69. The topological polar surface area (TPSA) is 57.6 Å². The van der Waals surface area contributed by atoms with Crippen molar-refractivity contribution >= 4 is 27.8 Å². The minimum absolute atomic E-state index is 0.0606. The van der Waals surface area contributed by atoms with E-state index in [9.17, 15) is 14.7 Å². The van der Waals surface area contributed by atoms with Gasteiger partial charge in [0.15, 0.2) is 0 Å². The Labute approximate surface area is 139 Å². The second kappa shape index (κ2) is 6.41. The van der Waals surface area contributed by atoms with Gasteiger partial charge in [0, 0.05) is 23.9 Å². The third-order valence-electron chi connectivity index (χ3n) is 4.02. The molecule has 1 amide bonds. The van der Waals surface area contributed by atoms with Crippen LogP contribution >= 0.6 is 15.9 Å². The Balaban J connectivity index is 2.22. The maximum Gasteiger partial charge on any atom is 0.326 e. The average molecular weight is 368 g/mol. The molecular formula is C17H22BrNO3. The largest absolute Gasteiger partial charge is 0.480 e. The molecule has 120 valence electrons. The molecular weight excluding hydrogens is 346 g/mol. The van der Waals surface area contributed by atoms with Crippen molar-refractivity contribution in [2.24, 2.45) is 5.41 Å². The average Bonchev–Trinajstić information content (AvgIpc) is 2.43. The molecule has 4 nitrogen and oxygen atoms in total. The third kappa shape index (κ3) is 3.88. The summed E-state index contributed by atoms with van der Waals surface area (Å²) in [5, 5.41) is 9.49. The van der Waals surface area contributed by atoms with Crippen LogP contribution in [0.4, 0.5) is 0 Å². The van der Waals surface area contributed by atoms with Crippen LogP contribution in [-0.4, -0.2) is 27.9 Å². The number of carbonyl (C=O) groups is 2. The second-order valence-corrected chi connectivity index (χ2v) is 7.87. The minimum atomic E-state index is -0.939. The van der Waals surface area contributed by atoms with Crippen LogP contribution in [0.2, 0.25) is 0 Å². The molecule has 22 heavy (non-hydrogen) atoms. The zero-order chi connectivity index (χ0) is 16.5. The van der Waals surface area contributed by atoms with Crippen molar-refractivity contribution in [1.82, 2.24) is 4.90 Å². The van der Waals surface area contributed by atoms with Crippen LogP contribution in [0.3, 0.4) is 0 Å². The molecule has 1 aliphatic rings. The first kappa shape index (κ1) is 17.0. The summed E-state index contributed by atoms with van der Waals surface area (Å²) in [4.78, 5) is 25.6. The molecule has 0 aliphatic carbocycles. The lowest BCUT2D eigenvalue weighted by Gasteiger charge is -2.35. The number of rotatable bonds is 3. The number of hydrogen-bond acceptors (Lipinski definition) is 2. The highest BCUT2D eigenvalue weighted by molar-refractivity contribution is 9.10. The number of amides is 1.